The maximum absolute atomic E-state index is 12.1. The third kappa shape index (κ3) is 5.78. The number of hydrogen-bond donors (Lipinski definition) is 2. The molecule has 0 fully saturated rings. The van der Waals surface area contributed by atoms with E-state index in [0.29, 0.717) is 16.9 Å². The summed E-state index contributed by atoms with van der Waals surface area (Å²) in [6, 6.07) is 4.76. The topological polar surface area (TPSA) is 99.9 Å². The average Bonchev–Trinajstić information content (AvgIpc) is 2.47. The molecular weight excluding hydrogens is 300 g/mol. The normalized spacial score (nSPS) is 12.4. The highest BCUT2D eigenvalue weighted by atomic mass is 16.6. The van der Waals surface area contributed by atoms with Gasteiger partial charge in [0.2, 0.25) is 0 Å². The standard InChI is InChI=1S/C16H24N2O5/c1-16(2,3)23-14(19)10-6-7-11(17)12(8-10)18-9-13(21-4)15(20)22-5/h6-8,13,18H,9,17H2,1-5H3. The van der Waals surface area contributed by atoms with Gasteiger partial charge in [0.1, 0.15) is 5.60 Å². The zero-order chi connectivity index (χ0) is 17.6. The Morgan fingerprint density at radius 2 is 1.91 bits per heavy atom. The van der Waals surface area contributed by atoms with Crippen LogP contribution in [0.2, 0.25) is 0 Å². The van der Waals surface area contributed by atoms with Gasteiger partial charge in [0, 0.05) is 7.11 Å². The number of ether oxygens (including phenoxy) is 3. The minimum Gasteiger partial charge on any atom is -0.467 e. The van der Waals surface area contributed by atoms with Crippen molar-refractivity contribution in [1.29, 1.82) is 0 Å². The maximum Gasteiger partial charge on any atom is 0.338 e. The Kier molecular flexibility index (Phi) is 6.38. The maximum atomic E-state index is 12.1. The van der Waals surface area contributed by atoms with Crippen LogP contribution in [0, 0.1) is 0 Å². The van der Waals surface area contributed by atoms with Gasteiger partial charge in [0.05, 0.1) is 30.6 Å². The fourth-order valence-corrected chi connectivity index (χ4v) is 1.77. The van der Waals surface area contributed by atoms with Crippen LogP contribution < -0.4 is 11.1 Å². The summed E-state index contributed by atoms with van der Waals surface area (Å²) in [6.45, 7) is 5.54. The molecule has 128 valence electrons. The van der Waals surface area contributed by atoms with Gasteiger partial charge in [-0.3, -0.25) is 0 Å². The summed E-state index contributed by atoms with van der Waals surface area (Å²) in [5.41, 5.74) is 6.62. The van der Waals surface area contributed by atoms with E-state index in [9.17, 15) is 9.59 Å². The van der Waals surface area contributed by atoms with Crippen LogP contribution in [-0.4, -0.2) is 44.4 Å². The summed E-state index contributed by atoms with van der Waals surface area (Å²) in [5, 5.41) is 2.98. The zero-order valence-corrected chi connectivity index (χ0v) is 14.1. The Labute approximate surface area is 136 Å². The molecular formula is C16H24N2O5. The molecule has 0 aromatic heterocycles. The van der Waals surface area contributed by atoms with Crippen LogP contribution in [0.15, 0.2) is 18.2 Å². The fourth-order valence-electron chi connectivity index (χ4n) is 1.77. The Balaban J connectivity index is 2.85. The van der Waals surface area contributed by atoms with Crippen molar-refractivity contribution in [1.82, 2.24) is 0 Å². The molecule has 1 rings (SSSR count). The van der Waals surface area contributed by atoms with E-state index in [1.165, 1.54) is 14.2 Å². The molecule has 1 aromatic carbocycles. The summed E-state index contributed by atoms with van der Waals surface area (Å²) in [4.78, 5) is 23.6. The Morgan fingerprint density at radius 1 is 1.26 bits per heavy atom. The molecule has 1 atom stereocenters. The molecule has 7 nitrogen and oxygen atoms in total. The summed E-state index contributed by atoms with van der Waals surface area (Å²) in [7, 11) is 2.69. The largest absolute Gasteiger partial charge is 0.467 e. The van der Waals surface area contributed by atoms with Crippen molar-refractivity contribution in [3.05, 3.63) is 23.8 Å². The Hall–Kier alpha value is -2.28. The number of esters is 2. The number of nitrogen functional groups attached to an aromatic ring is 1. The highest BCUT2D eigenvalue weighted by Crippen LogP contribution is 2.22. The second kappa shape index (κ2) is 7.82. The van der Waals surface area contributed by atoms with Crippen LogP contribution in [0.1, 0.15) is 31.1 Å². The molecule has 7 heteroatoms. The number of methoxy groups -OCH3 is 2. The number of nitrogens with one attached hydrogen (secondary N) is 1. The van der Waals surface area contributed by atoms with Crippen molar-refractivity contribution in [2.45, 2.75) is 32.5 Å². The van der Waals surface area contributed by atoms with Crippen LogP contribution in [0.5, 0.6) is 0 Å². The van der Waals surface area contributed by atoms with Gasteiger partial charge in [-0.15, -0.1) is 0 Å². The van der Waals surface area contributed by atoms with Crippen LogP contribution in [0.4, 0.5) is 11.4 Å². The number of rotatable bonds is 6. The molecule has 0 saturated heterocycles. The summed E-state index contributed by atoms with van der Waals surface area (Å²) in [5.74, 6) is -0.946. The van der Waals surface area contributed by atoms with E-state index < -0.39 is 23.6 Å². The average molecular weight is 324 g/mol. The molecule has 0 amide bonds. The molecule has 1 unspecified atom stereocenters. The summed E-state index contributed by atoms with van der Waals surface area (Å²) < 4.78 is 15.0. The first-order valence-electron chi connectivity index (χ1n) is 7.15. The molecule has 1 aromatic rings. The third-order valence-electron chi connectivity index (χ3n) is 2.91. The lowest BCUT2D eigenvalue weighted by Crippen LogP contribution is -2.32. The molecule has 0 aliphatic carbocycles. The van der Waals surface area contributed by atoms with Gasteiger partial charge < -0.3 is 25.3 Å². The van der Waals surface area contributed by atoms with E-state index in [4.69, 9.17) is 15.2 Å². The predicted molar refractivity (Wildman–Crippen MR) is 87.3 cm³/mol. The molecule has 0 radical (unpaired) electrons. The van der Waals surface area contributed by atoms with Gasteiger partial charge in [-0.25, -0.2) is 9.59 Å². The lowest BCUT2D eigenvalue weighted by atomic mass is 10.1. The predicted octanol–water partition coefficient (Wildman–Crippen LogP) is 1.82. The van der Waals surface area contributed by atoms with Gasteiger partial charge in [-0.2, -0.15) is 0 Å². The van der Waals surface area contributed by atoms with E-state index >= 15 is 0 Å². The van der Waals surface area contributed by atoms with Gasteiger partial charge >= 0.3 is 11.9 Å². The molecule has 0 aliphatic heterocycles. The molecule has 0 aliphatic rings. The SMILES string of the molecule is COC(=O)C(CNc1cc(C(=O)OC(C)(C)C)ccc1N)OC. The van der Waals surface area contributed by atoms with Crippen molar-refractivity contribution in [2.75, 3.05) is 31.8 Å². The number of anilines is 2. The van der Waals surface area contributed by atoms with E-state index in [1.54, 1.807) is 39.0 Å². The number of nitrogens with two attached hydrogens (primary N) is 1. The number of carbonyl (C=O) groups excluding carboxylic acids is 2. The van der Waals surface area contributed by atoms with Gasteiger partial charge in [0.25, 0.3) is 0 Å². The Bertz CT molecular complexity index is 566. The zero-order valence-electron chi connectivity index (χ0n) is 14.1. The minimum absolute atomic E-state index is 0.158. The smallest absolute Gasteiger partial charge is 0.338 e. The highest BCUT2D eigenvalue weighted by molar-refractivity contribution is 5.92. The van der Waals surface area contributed by atoms with Gasteiger partial charge in [0.15, 0.2) is 6.10 Å². The van der Waals surface area contributed by atoms with Crippen LogP contribution in [0.3, 0.4) is 0 Å². The van der Waals surface area contributed by atoms with E-state index in [0.717, 1.165) is 0 Å². The first kappa shape index (κ1) is 18.8. The molecule has 0 spiro atoms. The monoisotopic (exact) mass is 324 g/mol. The lowest BCUT2D eigenvalue weighted by Gasteiger charge is -2.20. The van der Waals surface area contributed by atoms with E-state index in [2.05, 4.69) is 10.1 Å². The first-order valence-corrected chi connectivity index (χ1v) is 7.15. The molecule has 0 saturated carbocycles. The third-order valence-corrected chi connectivity index (χ3v) is 2.91. The van der Waals surface area contributed by atoms with Crippen molar-refractivity contribution >= 4 is 23.3 Å². The van der Waals surface area contributed by atoms with Crippen molar-refractivity contribution < 1.29 is 23.8 Å². The summed E-state index contributed by atoms with van der Waals surface area (Å²) in [6.07, 6.45) is -0.774. The second-order valence-corrected chi connectivity index (χ2v) is 5.93. The van der Waals surface area contributed by atoms with Crippen molar-refractivity contribution in [3.8, 4) is 0 Å². The number of benzene rings is 1. The van der Waals surface area contributed by atoms with Crippen LogP contribution in [0.25, 0.3) is 0 Å². The van der Waals surface area contributed by atoms with Crippen molar-refractivity contribution in [3.63, 3.8) is 0 Å². The van der Waals surface area contributed by atoms with Crippen LogP contribution in [-0.2, 0) is 19.0 Å². The van der Waals surface area contributed by atoms with Gasteiger partial charge in [-0.05, 0) is 39.0 Å². The molecule has 0 heterocycles. The molecule has 0 bridgehead atoms. The van der Waals surface area contributed by atoms with E-state index in [-0.39, 0.29) is 6.54 Å². The quantitative estimate of drug-likeness (QED) is 0.608. The highest BCUT2D eigenvalue weighted by Gasteiger charge is 2.20. The van der Waals surface area contributed by atoms with E-state index in [1.807, 2.05) is 0 Å². The van der Waals surface area contributed by atoms with Crippen LogP contribution >= 0.6 is 0 Å². The Morgan fingerprint density at radius 3 is 2.43 bits per heavy atom. The van der Waals surface area contributed by atoms with Crippen molar-refractivity contribution in [2.24, 2.45) is 0 Å². The fraction of sp³-hybridized carbons (Fsp3) is 0.500. The first-order chi connectivity index (χ1) is 10.7. The lowest BCUT2D eigenvalue weighted by molar-refractivity contribution is -0.151. The number of carbonyl (C=O) groups is 2. The van der Waals surface area contributed by atoms with Gasteiger partial charge in [-0.1, -0.05) is 0 Å². The molecule has 3 N–H and O–H groups in total. The summed E-state index contributed by atoms with van der Waals surface area (Å²) >= 11 is 0. The molecule has 23 heavy (non-hydrogen) atoms. The minimum atomic E-state index is -0.774. The second-order valence-electron chi connectivity index (χ2n) is 5.93. The number of hydrogen-bond acceptors (Lipinski definition) is 7.